The van der Waals surface area contributed by atoms with Crippen molar-refractivity contribution in [1.82, 2.24) is 15.5 Å². The smallest absolute Gasteiger partial charge is 0.366 e. The van der Waals surface area contributed by atoms with E-state index in [9.17, 15) is 9.36 Å². The maximum Gasteiger partial charge on any atom is 0.377 e. The number of amides is 1. The first kappa shape index (κ1) is 24.5. The van der Waals surface area contributed by atoms with Gasteiger partial charge in [0.15, 0.2) is 0 Å². The van der Waals surface area contributed by atoms with Gasteiger partial charge in [-0.2, -0.15) is 0 Å². The third-order valence-corrected chi connectivity index (χ3v) is 7.84. The molecule has 35 heavy (non-hydrogen) atoms. The highest BCUT2D eigenvalue weighted by Crippen LogP contribution is 2.53. The molecule has 1 amide bonds. The number of nitrogens with zero attached hydrogens (tertiary/aromatic N) is 1. The lowest BCUT2D eigenvalue weighted by atomic mass is 9.76. The molecule has 8 heteroatoms. The molecule has 3 aromatic rings. The Morgan fingerprint density at radius 2 is 1.34 bits per heavy atom. The summed E-state index contributed by atoms with van der Waals surface area (Å²) in [7, 11) is -1.12. The molecule has 0 fully saturated rings. The normalized spacial score (nSPS) is 14.3. The summed E-state index contributed by atoms with van der Waals surface area (Å²) in [4.78, 5) is 13.4. The molecule has 0 saturated carbocycles. The van der Waals surface area contributed by atoms with Crippen LogP contribution in [0.3, 0.4) is 0 Å². The van der Waals surface area contributed by atoms with Crippen LogP contribution < -0.4 is 10.6 Å². The van der Waals surface area contributed by atoms with Crippen molar-refractivity contribution in [3.63, 3.8) is 0 Å². The zero-order chi connectivity index (χ0) is 24.7. The van der Waals surface area contributed by atoms with Gasteiger partial charge in [-0.05, 0) is 22.8 Å². The van der Waals surface area contributed by atoms with E-state index in [0.717, 1.165) is 16.7 Å². The van der Waals surface area contributed by atoms with Crippen LogP contribution in [0.2, 0.25) is 0 Å². The van der Waals surface area contributed by atoms with Crippen LogP contribution in [0.4, 0.5) is 0 Å². The largest absolute Gasteiger partial charge is 0.377 e. The topological polar surface area (TPSA) is 79.9 Å². The number of rotatable bonds is 10. The van der Waals surface area contributed by atoms with Crippen molar-refractivity contribution < 1.29 is 18.4 Å². The van der Waals surface area contributed by atoms with Gasteiger partial charge in [0.05, 0.1) is 12.4 Å². The zero-order valence-corrected chi connectivity index (χ0v) is 20.5. The van der Waals surface area contributed by atoms with Crippen molar-refractivity contribution in [2.75, 3.05) is 20.9 Å². The Morgan fingerprint density at radius 3 is 1.74 bits per heavy atom. The van der Waals surface area contributed by atoms with Crippen molar-refractivity contribution in [1.29, 1.82) is 0 Å². The van der Waals surface area contributed by atoms with Crippen LogP contribution in [0.15, 0.2) is 114 Å². The standard InChI is InChI=1S/C27H28N3O4P/c1-33-35(32,34-2)26(29-21-31)18-25-19-30(20-28-25)27(22-12-6-3-7-13-22,23-14-8-4-9-15-23)24-16-10-5-11-17-24/h3-19,21,28H,20H2,1-2H3,(H,29,31)/b26-18-. The Labute approximate surface area is 205 Å². The third kappa shape index (κ3) is 4.66. The van der Waals surface area contributed by atoms with Crippen LogP contribution in [0, 0.1) is 0 Å². The number of carbonyl (C=O) groups excluding carboxylic acids is 1. The minimum Gasteiger partial charge on any atom is -0.366 e. The quantitative estimate of drug-likeness (QED) is 0.243. The Morgan fingerprint density at radius 1 is 0.886 bits per heavy atom. The van der Waals surface area contributed by atoms with Crippen LogP contribution in [-0.2, 0) is 23.9 Å². The van der Waals surface area contributed by atoms with Crippen molar-refractivity contribution in [3.8, 4) is 0 Å². The molecule has 0 unspecified atom stereocenters. The van der Waals surface area contributed by atoms with Crippen molar-refractivity contribution in [2.24, 2.45) is 0 Å². The minimum atomic E-state index is -3.68. The van der Waals surface area contributed by atoms with E-state index >= 15 is 0 Å². The van der Waals surface area contributed by atoms with Gasteiger partial charge in [-0.1, -0.05) is 91.0 Å². The number of nitrogens with one attached hydrogen (secondary N) is 2. The Balaban J connectivity index is 1.92. The van der Waals surface area contributed by atoms with Gasteiger partial charge < -0.3 is 24.6 Å². The molecule has 1 aliphatic heterocycles. The first-order valence-corrected chi connectivity index (χ1v) is 12.7. The summed E-state index contributed by atoms with van der Waals surface area (Å²) in [5, 5.41) is 5.82. The molecule has 3 aromatic carbocycles. The monoisotopic (exact) mass is 489 g/mol. The molecule has 0 spiro atoms. The molecule has 180 valence electrons. The molecule has 2 N–H and O–H groups in total. The zero-order valence-electron chi connectivity index (χ0n) is 19.6. The summed E-state index contributed by atoms with van der Waals surface area (Å²) >= 11 is 0. The predicted octanol–water partition coefficient (Wildman–Crippen LogP) is 4.76. The van der Waals surface area contributed by atoms with Crippen molar-refractivity contribution in [2.45, 2.75) is 5.54 Å². The fourth-order valence-electron chi connectivity index (χ4n) is 4.45. The van der Waals surface area contributed by atoms with Crippen LogP contribution in [0.5, 0.6) is 0 Å². The van der Waals surface area contributed by atoms with Gasteiger partial charge in [-0.25, -0.2) is 0 Å². The molecule has 0 saturated heterocycles. The number of allylic oxidation sites excluding steroid dienone is 1. The van der Waals surface area contributed by atoms with E-state index in [2.05, 4.69) is 51.9 Å². The van der Waals surface area contributed by atoms with E-state index < -0.39 is 13.1 Å². The second-order valence-electron chi connectivity index (χ2n) is 7.85. The Bertz CT molecular complexity index is 1140. The van der Waals surface area contributed by atoms with E-state index in [1.165, 1.54) is 14.2 Å². The SMILES string of the molecule is COP(=O)(OC)/C(=C\C1=CN(C(c2ccccc2)(c2ccccc2)c2ccccc2)CN1)NC=O. The van der Waals surface area contributed by atoms with Gasteiger partial charge in [0, 0.05) is 20.4 Å². The number of benzene rings is 3. The lowest BCUT2D eigenvalue weighted by Crippen LogP contribution is -2.45. The molecular formula is C27H28N3O4P. The second-order valence-corrected chi connectivity index (χ2v) is 10.1. The van der Waals surface area contributed by atoms with Gasteiger partial charge in [0.25, 0.3) is 0 Å². The molecule has 0 atom stereocenters. The highest BCUT2D eigenvalue weighted by atomic mass is 31.2. The molecule has 7 nitrogen and oxygen atoms in total. The average Bonchev–Trinajstić information content (AvgIpc) is 3.39. The Hall–Kier alpha value is -3.64. The van der Waals surface area contributed by atoms with E-state index in [1.807, 2.05) is 60.8 Å². The number of hydrogen-bond acceptors (Lipinski definition) is 6. The first-order chi connectivity index (χ1) is 17.1. The van der Waals surface area contributed by atoms with E-state index in [-0.39, 0.29) is 5.44 Å². The molecule has 1 aliphatic rings. The first-order valence-electron chi connectivity index (χ1n) is 11.1. The highest BCUT2D eigenvalue weighted by Gasteiger charge is 2.42. The average molecular weight is 490 g/mol. The second kappa shape index (κ2) is 10.7. The molecule has 0 bridgehead atoms. The summed E-state index contributed by atoms with van der Waals surface area (Å²) in [6, 6.07) is 30.9. The van der Waals surface area contributed by atoms with Crippen molar-refractivity contribution >= 4 is 14.0 Å². The van der Waals surface area contributed by atoms with E-state index in [0.29, 0.717) is 18.8 Å². The summed E-state index contributed by atoms with van der Waals surface area (Å²) < 4.78 is 23.1. The van der Waals surface area contributed by atoms with Crippen LogP contribution in [0.1, 0.15) is 16.7 Å². The summed E-state index contributed by atoms with van der Waals surface area (Å²) in [6.07, 6.45) is 3.98. The Kier molecular flexibility index (Phi) is 7.51. The molecule has 4 rings (SSSR count). The van der Waals surface area contributed by atoms with E-state index in [1.54, 1.807) is 6.08 Å². The number of hydrogen-bond donors (Lipinski definition) is 2. The summed E-state index contributed by atoms with van der Waals surface area (Å²) in [5.74, 6) is 0. The molecule has 0 aromatic heterocycles. The molecule has 0 radical (unpaired) electrons. The minimum absolute atomic E-state index is 0.0443. The third-order valence-electron chi connectivity index (χ3n) is 6.03. The van der Waals surface area contributed by atoms with Gasteiger partial charge in [0.1, 0.15) is 11.0 Å². The predicted molar refractivity (Wildman–Crippen MR) is 136 cm³/mol. The fraction of sp³-hybridized carbons (Fsp3) is 0.148. The summed E-state index contributed by atoms with van der Waals surface area (Å²) in [6.45, 7) is 0.461. The maximum atomic E-state index is 13.0. The van der Waals surface area contributed by atoms with Crippen LogP contribution >= 0.6 is 7.60 Å². The lowest BCUT2D eigenvalue weighted by molar-refractivity contribution is -0.108. The van der Waals surface area contributed by atoms with Crippen LogP contribution in [0.25, 0.3) is 0 Å². The van der Waals surface area contributed by atoms with Gasteiger partial charge in [-0.3, -0.25) is 9.36 Å². The molecular weight excluding hydrogens is 461 g/mol. The fourth-order valence-corrected chi connectivity index (χ4v) is 5.50. The van der Waals surface area contributed by atoms with Gasteiger partial charge in [0.2, 0.25) is 6.41 Å². The maximum absolute atomic E-state index is 13.0. The highest BCUT2D eigenvalue weighted by molar-refractivity contribution is 7.58. The van der Waals surface area contributed by atoms with Crippen LogP contribution in [-0.4, -0.2) is 32.2 Å². The van der Waals surface area contributed by atoms with E-state index in [4.69, 9.17) is 9.05 Å². The van der Waals surface area contributed by atoms with Gasteiger partial charge >= 0.3 is 7.60 Å². The lowest BCUT2D eigenvalue weighted by Gasteiger charge is -2.43. The summed E-state index contributed by atoms with van der Waals surface area (Å²) in [5.41, 5.74) is 3.31. The molecule has 1 heterocycles. The molecule has 0 aliphatic carbocycles. The number of carbonyl (C=O) groups is 1. The van der Waals surface area contributed by atoms with Crippen molar-refractivity contribution in [3.05, 3.63) is 131 Å². The van der Waals surface area contributed by atoms with Gasteiger partial charge in [-0.15, -0.1) is 0 Å².